The predicted molar refractivity (Wildman–Crippen MR) is 133 cm³/mol. The van der Waals surface area contributed by atoms with E-state index in [-0.39, 0.29) is 19.8 Å². The number of unbranched alkanes of at least 4 members (excludes halogenated alkanes) is 2. The van der Waals surface area contributed by atoms with E-state index in [0.717, 1.165) is 0 Å². The van der Waals surface area contributed by atoms with Gasteiger partial charge in [0.05, 0.1) is 0 Å². The average molecular weight is 937 g/mol. The van der Waals surface area contributed by atoms with Gasteiger partial charge in [-0.25, -0.2) is 0 Å². The first-order valence-corrected chi connectivity index (χ1v) is 22.6. The Kier molecular flexibility index (Phi) is 22.2. The fraction of sp³-hybridized carbons (Fsp3) is 1.00. The van der Waals surface area contributed by atoms with Crippen LogP contribution >= 0.6 is 82.5 Å². The van der Waals surface area contributed by atoms with Crippen molar-refractivity contribution in [3.63, 3.8) is 0 Å². The normalized spacial score (nSPS) is 20.9. The topological polar surface area (TPSA) is 491 Å². The number of rotatable bonds is 28. The monoisotopic (exact) mass is 937 g/mol. The molecule has 0 saturated heterocycles. The molecule has 0 aliphatic heterocycles. The summed E-state index contributed by atoms with van der Waals surface area (Å²) >= 11 is 0. The van der Waals surface area contributed by atoms with Gasteiger partial charge in [0.15, 0.2) is 5.60 Å². The second-order valence-electron chi connectivity index (χ2n) is 8.26. The summed E-state index contributed by atoms with van der Waals surface area (Å²) in [7, 11) is -52.5. The summed E-state index contributed by atoms with van der Waals surface area (Å²) in [6.07, 6.45) is -2.18. The molecule has 30 nitrogen and oxygen atoms in total. The van der Waals surface area contributed by atoms with Crippen molar-refractivity contribution in [3.8, 4) is 0 Å². The van der Waals surface area contributed by atoms with Crippen LogP contribution in [0.15, 0.2) is 0 Å². The third-order valence-corrected chi connectivity index (χ3v) is 9.47. The van der Waals surface area contributed by atoms with Crippen LogP contribution in [0, 0.1) is 0 Å². The maximum atomic E-state index is 12.3. The molecule has 288 valence electrons. The minimum absolute atomic E-state index is 0.0738. The lowest BCUT2D eigenvalue weighted by molar-refractivity contribution is -0.519. The minimum Gasteiger partial charge on any atom is -0.566 e. The highest BCUT2D eigenvalue weighted by Gasteiger charge is 3.00. The molecule has 0 aliphatic carbocycles. The van der Waals surface area contributed by atoms with Crippen LogP contribution in [0.3, 0.4) is 0 Å². The molecule has 0 rings (SSSR count). The van der Waals surface area contributed by atoms with Gasteiger partial charge in [0.2, 0.25) is 0 Å². The van der Waals surface area contributed by atoms with Gasteiger partial charge in [-0.1, -0.05) is 66.9 Å². The zero-order chi connectivity index (χ0) is 40.2. The summed E-state index contributed by atoms with van der Waals surface area (Å²) in [6, 6.07) is 0. The van der Waals surface area contributed by atoms with Gasteiger partial charge in [-0.3, -0.25) is 0 Å². The predicted octanol–water partition coefficient (Wildman–Crippen LogP) is -2.96. The molecule has 0 aliphatic rings. The summed E-state index contributed by atoms with van der Waals surface area (Å²) in [5, 5.41) is 0. The van der Waals surface area contributed by atoms with E-state index in [1.54, 1.807) is 0 Å². The van der Waals surface area contributed by atoms with E-state index in [2.05, 4.69) is 45.2 Å². The number of hydrogen-bond acceptors (Lipinski definition) is 29. The summed E-state index contributed by atoms with van der Waals surface area (Å²) in [6.45, 7) is 1.51. The molecule has 0 aromatic heterocycles. The van der Waals surface area contributed by atoms with Crippen molar-refractivity contribution >= 4 is 82.5 Å². The van der Waals surface area contributed by atoms with Crippen LogP contribution < -0.4 is 44.0 Å². The molecule has 0 spiro atoms. The Morgan fingerprint density at radius 1 is 0.431 bits per heavy atom. The standard InChI is InChI=1S/C11H14O30P10/c1-3-4-5-6-7(2,32-42(12)13)8(33-43(14)15,34-44(16)17)9(35-45(18)19,36-46(20)21)10(37-47(22)23,38-48(24)25)11(39-49(26)27,40-50(28)29)41-51(30)31/h3-6H2,1-2H3/p+1. The van der Waals surface area contributed by atoms with E-state index in [1.807, 2.05) is 0 Å². The van der Waals surface area contributed by atoms with E-state index in [0.29, 0.717) is 0 Å². The average Bonchev–Trinajstić information content (AvgIpc) is 2.88. The zero-order valence-corrected chi connectivity index (χ0v) is 33.0. The van der Waals surface area contributed by atoms with Gasteiger partial charge in [0.25, 0.3) is 0 Å². The van der Waals surface area contributed by atoms with Gasteiger partial charge in [-0.05, 0) is 54.4 Å². The fourth-order valence-corrected chi connectivity index (χ4v) is 9.05. The molecule has 0 radical (unpaired) electrons. The Morgan fingerprint density at radius 2 is 0.706 bits per heavy atom. The first-order chi connectivity index (χ1) is 23.2. The Morgan fingerprint density at radius 3 is 0.961 bits per heavy atom. The molecule has 0 bridgehead atoms. The first-order valence-electron chi connectivity index (χ1n) is 11.6. The van der Waals surface area contributed by atoms with Gasteiger partial charge in [-0.2, -0.15) is 0 Å². The van der Waals surface area contributed by atoms with Crippen molar-refractivity contribution in [1.82, 2.24) is 0 Å². The van der Waals surface area contributed by atoms with Crippen molar-refractivity contribution in [3.05, 3.63) is 0 Å². The van der Waals surface area contributed by atoms with Gasteiger partial charge in [0.1, 0.15) is 0 Å². The summed E-state index contributed by atoms with van der Waals surface area (Å²) in [4.78, 5) is 119. The third kappa shape index (κ3) is 13.7. The lowest BCUT2D eigenvalue weighted by Crippen LogP contribution is -2.83. The Labute approximate surface area is 290 Å². The van der Waals surface area contributed by atoms with Gasteiger partial charge in [0, 0.05) is 4.57 Å². The van der Waals surface area contributed by atoms with Crippen LogP contribution in [0.2, 0.25) is 0 Å². The van der Waals surface area contributed by atoms with Crippen molar-refractivity contribution in [2.24, 2.45) is 0 Å². The van der Waals surface area contributed by atoms with E-state index in [4.69, 9.17) is 0 Å². The molecule has 0 aromatic rings. The molecule has 11 atom stereocenters. The molecule has 0 aromatic carbocycles. The quantitative estimate of drug-likeness (QED) is 0.0465. The Bertz CT molecular complexity index is 1330. The molecule has 11 unspecified atom stereocenters. The van der Waals surface area contributed by atoms with Crippen LogP contribution in [-0.2, 0) is 90.9 Å². The highest BCUT2D eigenvalue weighted by molar-refractivity contribution is 7.34. The van der Waals surface area contributed by atoms with Crippen LogP contribution in [0.5, 0.6) is 0 Å². The van der Waals surface area contributed by atoms with Crippen molar-refractivity contribution in [1.29, 1.82) is 0 Å². The van der Waals surface area contributed by atoms with Gasteiger partial charge >= 0.3 is 106 Å². The number of hydrogen-bond donors (Lipinski definition) is 1. The van der Waals surface area contributed by atoms with Crippen LogP contribution in [0.1, 0.15) is 39.5 Å². The zero-order valence-electron chi connectivity index (χ0n) is 24.1. The second-order valence-corrected chi connectivity index (χ2v) is 14.6. The van der Waals surface area contributed by atoms with Crippen LogP contribution in [-0.4, -0.2) is 33.8 Å². The third-order valence-electron chi connectivity index (χ3n) is 5.31. The highest BCUT2D eigenvalue weighted by Crippen LogP contribution is 2.67. The first kappa shape index (κ1) is 51.2. The smallest absolute Gasteiger partial charge is 0.566 e. The van der Waals surface area contributed by atoms with E-state index in [9.17, 15) is 94.6 Å². The van der Waals surface area contributed by atoms with Crippen LogP contribution in [0.25, 0.3) is 0 Å². The van der Waals surface area contributed by atoms with Gasteiger partial charge < -0.3 is 44.0 Å². The maximum Gasteiger partial charge on any atom is 0.695 e. The second kappa shape index (κ2) is 22.1. The van der Waals surface area contributed by atoms with Crippen molar-refractivity contribution in [2.45, 2.75) is 68.5 Å². The van der Waals surface area contributed by atoms with Crippen molar-refractivity contribution in [2.75, 3.05) is 0 Å². The largest absolute Gasteiger partial charge is 0.695 e. The Balaban J connectivity index is 10.1. The van der Waals surface area contributed by atoms with E-state index < -0.39 is 124 Å². The van der Waals surface area contributed by atoms with Crippen LogP contribution in [0.4, 0.5) is 0 Å². The molecule has 0 heterocycles. The minimum atomic E-state index is -6.04. The van der Waals surface area contributed by atoms with Crippen molar-refractivity contribution < 1.29 is 140 Å². The van der Waals surface area contributed by atoms with Gasteiger partial charge in [-0.15, -0.1) is 9.42 Å². The maximum absolute atomic E-state index is 12.3. The lowest BCUT2D eigenvalue weighted by Gasteiger charge is -2.47. The lowest BCUT2D eigenvalue weighted by atomic mass is 9.79. The van der Waals surface area contributed by atoms with E-state index in [1.165, 1.54) is 6.92 Å². The Hall–Kier alpha value is 0.200. The molecule has 40 heteroatoms. The molecule has 0 fully saturated rings. The fourth-order valence-electron chi connectivity index (χ4n) is 3.91. The van der Waals surface area contributed by atoms with E-state index >= 15 is 0 Å². The molecule has 51 heavy (non-hydrogen) atoms. The summed E-state index contributed by atoms with van der Waals surface area (Å²) in [5.74, 6) is -23.1. The SMILES string of the molecule is CCCCCC(C)(O[P+](=O)O)C(O[P+](=O)[O-])(O[P+](=O)[O-])C(O[P+](=O)[O-])(O[P+](=O)[O-])C(O[P+](=O)[O-])(O[P+](=O)[O-])C(O[P+](=O)[O-])(O[P+](=O)[O-])O[P+](=O)[O-]. The molecule has 0 amide bonds. The summed E-state index contributed by atoms with van der Waals surface area (Å²) in [5.41, 5.74) is -3.93. The highest BCUT2D eigenvalue weighted by atomic mass is 31.2. The molecular weight excluding hydrogens is 922 g/mol. The molecule has 0 saturated carbocycles. The molecule has 1 N–H and O–H groups in total. The summed E-state index contributed by atoms with van der Waals surface area (Å²) < 4.78 is 162. The molecular formula is C11H15O30P10+.